The molecule has 0 radical (unpaired) electrons. The number of carbonyl (C=O) groups excluding carboxylic acids is 1. The highest BCUT2D eigenvalue weighted by molar-refractivity contribution is 7.89. The molecule has 21 heavy (non-hydrogen) atoms. The molecule has 0 bridgehead atoms. The Kier molecular flexibility index (Phi) is 6.36. The monoisotopic (exact) mass is 313 g/mol. The number of nitrogens with zero attached hydrogens (tertiary/aromatic N) is 1. The van der Waals surface area contributed by atoms with Crippen LogP contribution in [0.1, 0.15) is 37.6 Å². The SMILES string of the molecule is CCC(C)CN(CC)S(=O)(=O)c1ccccc1C(=O)OC. The average molecular weight is 313 g/mol. The summed E-state index contributed by atoms with van der Waals surface area (Å²) in [6.45, 7) is 6.62. The highest BCUT2D eigenvalue weighted by Gasteiger charge is 2.28. The van der Waals surface area contributed by atoms with E-state index in [9.17, 15) is 13.2 Å². The predicted octanol–water partition coefficient (Wildman–Crippen LogP) is 2.53. The Hall–Kier alpha value is -1.40. The molecule has 118 valence electrons. The molecule has 1 aromatic carbocycles. The molecule has 0 fully saturated rings. The maximum Gasteiger partial charge on any atom is 0.339 e. The molecule has 0 saturated carbocycles. The van der Waals surface area contributed by atoms with Crippen molar-refractivity contribution < 1.29 is 17.9 Å². The van der Waals surface area contributed by atoms with Crippen molar-refractivity contribution in [1.29, 1.82) is 0 Å². The first-order valence-electron chi connectivity index (χ1n) is 7.05. The molecule has 1 aromatic rings. The molecule has 0 aliphatic heterocycles. The minimum Gasteiger partial charge on any atom is -0.465 e. The van der Waals surface area contributed by atoms with Gasteiger partial charge in [-0.3, -0.25) is 0 Å². The maximum atomic E-state index is 12.8. The Bertz CT molecular complexity index is 583. The zero-order chi connectivity index (χ0) is 16.0. The van der Waals surface area contributed by atoms with Gasteiger partial charge in [0, 0.05) is 13.1 Å². The number of benzene rings is 1. The zero-order valence-electron chi connectivity index (χ0n) is 13.0. The number of sulfonamides is 1. The molecule has 0 aliphatic carbocycles. The topological polar surface area (TPSA) is 63.7 Å². The van der Waals surface area contributed by atoms with Crippen molar-refractivity contribution in [2.75, 3.05) is 20.2 Å². The summed E-state index contributed by atoms with van der Waals surface area (Å²) in [5.41, 5.74) is 0.0719. The molecule has 1 unspecified atom stereocenters. The number of hydrogen-bond donors (Lipinski definition) is 0. The number of esters is 1. The Morgan fingerprint density at radius 3 is 2.43 bits per heavy atom. The number of rotatable bonds is 7. The van der Waals surface area contributed by atoms with Crippen LogP contribution in [0.5, 0.6) is 0 Å². The summed E-state index contributed by atoms with van der Waals surface area (Å²) in [7, 11) is -2.47. The predicted molar refractivity (Wildman–Crippen MR) is 81.7 cm³/mol. The van der Waals surface area contributed by atoms with Gasteiger partial charge in [0.15, 0.2) is 0 Å². The van der Waals surface area contributed by atoms with Crippen molar-refractivity contribution in [2.24, 2.45) is 5.92 Å². The molecule has 1 rings (SSSR count). The average Bonchev–Trinajstić information content (AvgIpc) is 2.51. The van der Waals surface area contributed by atoms with Gasteiger partial charge in [-0.25, -0.2) is 13.2 Å². The van der Waals surface area contributed by atoms with Crippen molar-refractivity contribution in [1.82, 2.24) is 4.31 Å². The smallest absolute Gasteiger partial charge is 0.339 e. The first-order valence-corrected chi connectivity index (χ1v) is 8.49. The van der Waals surface area contributed by atoms with E-state index in [1.54, 1.807) is 19.1 Å². The Balaban J connectivity index is 3.26. The van der Waals surface area contributed by atoms with Crippen molar-refractivity contribution in [3.63, 3.8) is 0 Å². The lowest BCUT2D eigenvalue weighted by molar-refractivity contribution is 0.0596. The van der Waals surface area contributed by atoms with Crippen LogP contribution >= 0.6 is 0 Å². The molecule has 1 atom stereocenters. The third-order valence-electron chi connectivity index (χ3n) is 3.48. The summed E-state index contributed by atoms with van der Waals surface area (Å²) in [6, 6.07) is 6.14. The van der Waals surface area contributed by atoms with E-state index >= 15 is 0 Å². The number of methoxy groups -OCH3 is 1. The summed E-state index contributed by atoms with van der Waals surface area (Å²) in [5, 5.41) is 0. The maximum absolute atomic E-state index is 12.8. The van der Waals surface area contributed by atoms with E-state index in [1.807, 2.05) is 13.8 Å². The van der Waals surface area contributed by atoms with E-state index in [4.69, 9.17) is 0 Å². The lowest BCUT2D eigenvalue weighted by Crippen LogP contribution is -2.35. The van der Waals surface area contributed by atoms with Gasteiger partial charge in [-0.15, -0.1) is 0 Å². The summed E-state index contributed by atoms with van der Waals surface area (Å²) >= 11 is 0. The number of ether oxygens (including phenoxy) is 1. The van der Waals surface area contributed by atoms with Gasteiger partial charge in [0.2, 0.25) is 10.0 Å². The number of hydrogen-bond acceptors (Lipinski definition) is 4. The zero-order valence-corrected chi connectivity index (χ0v) is 13.8. The summed E-state index contributed by atoms with van der Waals surface area (Å²) in [4.78, 5) is 11.8. The van der Waals surface area contributed by atoms with E-state index in [0.29, 0.717) is 13.1 Å². The van der Waals surface area contributed by atoms with Gasteiger partial charge in [-0.2, -0.15) is 4.31 Å². The van der Waals surface area contributed by atoms with Gasteiger partial charge in [-0.05, 0) is 18.1 Å². The summed E-state index contributed by atoms with van der Waals surface area (Å²) in [6.07, 6.45) is 0.894. The van der Waals surface area contributed by atoms with Crippen molar-refractivity contribution in [3.8, 4) is 0 Å². The summed E-state index contributed by atoms with van der Waals surface area (Å²) in [5.74, 6) is -0.390. The van der Waals surface area contributed by atoms with Gasteiger partial charge >= 0.3 is 5.97 Å². The van der Waals surface area contributed by atoms with Gasteiger partial charge in [-0.1, -0.05) is 39.3 Å². The van der Waals surface area contributed by atoms with E-state index < -0.39 is 16.0 Å². The van der Waals surface area contributed by atoms with Crippen LogP contribution in [0.2, 0.25) is 0 Å². The highest BCUT2D eigenvalue weighted by atomic mass is 32.2. The minimum atomic E-state index is -3.71. The van der Waals surface area contributed by atoms with Gasteiger partial charge < -0.3 is 4.74 Å². The molecule has 5 nitrogen and oxygen atoms in total. The molecule has 6 heteroatoms. The van der Waals surface area contributed by atoms with Crippen molar-refractivity contribution in [3.05, 3.63) is 29.8 Å². The van der Waals surface area contributed by atoms with Crippen molar-refractivity contribution in [2.45, 2.75) is 32.1 Å². The third-order valence-corrected chi connectivity index (χ3v) is 5.47. The van der Waals surface area contributed by atoms with Crippen LogP contribution in [0.4, 0.5) is 0 Å². The minimum absolute atomic E-state index is 0.00185. The Labute approximate surface area is 127 Å². The largest absolute Gasteiger partial charge is 0.465 e. The van der Waals surface area contributed by atoms with Gasteiger partial charge in [0.05, 0.1) is 17.6 Å². The van der Waals surface area contributed by atoms with Gasteiger partial charge in [0.1, 0.15) is 0 Å². The van der Waals surface area contributed by atoms with E-state index in [1.165, 1.54) is 23.5 Å². The van der Waals surface area contributed by atoms with Crippen LogP contribution in [0.25, 0.3) is 0 Å². The molecule has 0 spiro atoms. The third kappa shape index (κ3) is 4.04. The van der Waals surface area contributed by atoms with Crippen LogP contribution in [0, 0.1) is 5.92 Å². The molecule has 0 heterocycles. The standard InChI is InChI=1S/C15H23NO4S/c1-5-12(3)11-16(6-2)21(18,19)14-10-8-7-9-13(14)15(17)20-4/h7-10,12H,5-6,11H2,1-4H3. The van der Waals surface area contributed by atoms with Gasteiger partial charge in [0.25, 0.3) is 0 Å². The van der Waals surface area contributed by atoms with Crippen LogP contribution < -0.4 is 0 Å². The normalized spacial score (nSPS) is 13.2. The lowest BCUT2D eigenvalue weighted by Gasteiger charge is -2.24. The van der Waals surface area contributed by atoms with Crippen LogP contribution in [0.3, 0.4) is 0 Å². The second-order valence-electron chi connectivity index (χ2n) is 4.96. The molecular weight excluding hydrogens is 290 g/mol. The molecule has 0 aromatic heterocycles. The first kappa shape index (κ1) is 17.7. The lowest BCUT2D eigenvalue weighted by atomic mass is 10.1. The van der Waals surface area contributed by atoms with Crippen molar-refractivity contribution >= 4 is 16.0 Å². The first-order chi connectivity index (χ1) is 9.88. The van der Waals surface area contributed by atoms with E-state index in [-0.39, 0.29) is 16.4 Å². The fourth-order valence-electron chi connectivity index (χ4n) is 1.98. The molecule has 0 saturated heterocycles. The quantitative estimate of drug-likeness (QED) is 0.726. The van der Waals surface area contributed by atoms with E-state index in [2.05, 4.69) is 4.74 Å². The van der Waals surface area contributed by atoms with E-state index in [0.717, 1.165) is 6.42 Å². The van der Waals surface area contributed by atoms with Crippen LogP contribution in [0.15, 0.2) is 29.2 Å². The van der Waals surface area contributed by atoms with Crippen LogP contribution in [-0.2, 0) is 14.8 Å². The number of carbonyl (C=O) groups is 1. The highest BCUT2D eigenvalue weighted by Crippen LogP contribution is 2.22. The summed E-state index contributed by atoms with van der Waals surface area (Å²) < 4.78 is 31.6. The second-order valence-corrected chi connectivity index (χ2v) is 6.86. The second kappa shape index (κ2) is 7.56. The molecular formula is C15H23NO4S. The Morgan fingerprint density at radius 2 is 1.90 bits per heavy atom. The fourth-order valence-corrected chi connectivity index (χ4v) is 3.73. The van der Waals surface area contributed by atoms with Crippen LogP contribution in [-0.4, -0.2) is 38.9 Å². The fraction of sp³-hybridized carbons (Fsp3) is 0.533. The molecule has 0 aliphatic rings. The molecule has 0 amide bonds. The molecule has 0 N–H and O–H groups in total. The Morgan fingerprint density at radius 1 is 1.29 bits per heavy atom.